The summed E-state index contributed by atoms with van der Waals surface area (Å²) in [5, 5.41) is 4.93. The van der Waals surface area contributed by atoms with Crippen LogP contribution in [0.2, 0.25) is 5.02 Å². The molecule has 2 aromatic heterocycles. The second kappa shape index (κ2) is 8.85. The lowest BCUT2D eigenvalue weighted by atomic mass is 10.2. The molecule has 1 aromatic carbocycles. The molecule has 1 aliphatic rings. The zero-order valence-corrected chi connectivity index (χ0v) is 18.3. The standard InChI is InChI=1S/C21H24ClN5O2S/c1-17-7-8-23-21(13-17)27-16-20(14-24-27)30(28,29)26-10-2-9-25(11-12-26)15-18-3-5-19(22)6-4-18/h3-8,13-14,16H,2,9-12,15H2,1H3. The van der Waals surface area contributed by atoms with Crippen LogP contribution in [-0.4, -0.2) is 58.6 Å². The van der Waals surface area contributed by atoms with Crippen molar-refractivity contribution in [1.82, 2.24) is 24.0 Å². The SMILES string of the molecule is Cc1ccnc(-n2cc(S(=O)(=O)N3CCCN(Cc4ccc(Cl)cc4)CC3)cn2)c1. The second-order valence-corrected chi connectivity index (χ2v) is 9.85. The van der Waals surface area contributed by atoms with Gasteiger partial charge in [-0.3, -0.25) is 4.90 Å². The van der Waals surface area contributed by atoms with E-state index in [1.54, 1.807) is 10.5 Å². The van der Waals surface area contributed by atoms with E-state index in [1.165, 1.54) is 22.6 Å². The molecule has 0 spiro atoms. The molecule has 1 aliphatic heterocycles. The molecular formula is C21H24ClN5O2S. The number of sulfonamides is 1. The largest absolute Gasteiger partial charge is 0.298 e. The maximum absolute atomic E-state index is 13.2. The summed E-state index contributed by atoms with van der Waals surface area (Å²) in [6.07, 6.45) is 5.40. The van der Waals surface area contributed by atoms with Gasteiger partial charge < -0.3 is 0 Å². The fourth-order valence-corrected chi connectivity index (χ4v) is 5.08. The summed E-state index contributed by atoms with van der Waals surface area (Å²) >= 11 is 5.96. The summed E-state index contributed by atoms with van der Waals surface area (Å²) < 4.78 is 29.4. The Morgan fingerprint density at radius 2 is 1.87 bits per heavy atom. The molecular weight excluding hydrogens is 422 g/mol. The van der Waals surface area contributed by atoms with Gasteiger partial charge in [-0.25, -0.2) is 18.1 Å². The van der Waals surface area contributed by atoms with Gasteiger partial charge in [0.1, 0.15) is 4.90 Å². The molecule has 0 unspecified atom stereocenters. The third kappa shape index (κ3) is 4.73. The van der Waals surface area contributed by atoms with E-state index in [9.17, 15) is 8.42 Å². The van der Waals surface area contributed by atoms with Crippen molar-refractivity contribution in [2.75, 3.05) is 26.2 Å². The Morgan fingerprint density at radius 3 is 2.63 bits per heavy atom. The van der Waals surface area contributed by atoms with Crippen molar-refractivity contribution >= 4 is 21.6 Å². The Morgan fingerprint density at radius 1 is 1.07 bits per heavy atom. The number of hydrogen-bond donors (Lipinski definition) is 0. The summed E-state index contributed by atoms with van der Waals surface area (Å²) in [7, 11) is -3.61. The zero-order valence-electron chi connectivity index (χ0n) is 16.8. The van der Waals surface area contributed by atoms with Crippen LogP contribution < -0.4 is 0 Å². The number of benzene rings is 1. The van der Waals surface area contributed by atoms with Gasteiger partial charge in [-0.1, -0.05) is 23.7 Å². The van der Waals surface area contributed by atoms with Crippen LogP contribution >= 0.6 is 11.6 Å². The Labute approximate surface area is 182 Å². The van der Waals surface area contributed by atoms with Crippen molar-refractivity contribution in [1.29, 1.82) is 0 Å². The van der Waals surface area contributed by atoms with Gasteiger partial charge >= 0.3 is 0 Å². The minimum atomic E-state index is -3.61. The van der Waals surface area contributed by atoms with Crippen molar-refractivity contribution in [2.45, 2.75) is 24.8 Å². The molecule has 7 nitrogen and oxygen atoms in total. The molecule has 30 heavy (non-hydrogen) atoms. The van der Waals surface area contributed by atoms with Crippen LogP contribution in [0, 0.1) is 6.92 Å². The van der Waals surface area contributed by atoms with Gasteiger partial charge in [0, 0.05) is 37.4 Å². The van der Waals surface area contributed by atoms with Crippen molar-refractivity contribution in [2.24, 2.45) is 0 Å². The fourth-order valence-electron chi connectivity index (χ4n) is 3.55. The summed E-state index contributed by atoms with van der Waals surface area (Å²) in [4.78, 5) is 6.73. The van der Waals surface area contributed by atoms with Crippen LogP contribution in [0.15, 0.2) is 59.9 Å². The van der Waals surface area contributed by atoms with Crippen LogP contribution in [0.1, 0.15) is 17.5 Å². The van der Waals surface area contributed by atoms with Crippen LogP contribution in [-0.2, 0) is 16.6 Å². The third-order valence-electron chi connectivity index (χ3n) is 5.20. The lowest BCUT2D eigenvalue weighted by molar-refractivity contribution is 0.278. The minimum Gasteiger partial charge on any atom is -0.298 e. The van der Waals surface area contributed by atoms with Crippen LogP contribution in [0.4, 0.5) is 0 Å². The molecule has 1 fully saturated rings. The lowest BCUT2D eigenvalue weighted by Crippen LogP contribution is -2.35. The third-order valence-corrected chi connectivity index (χ3v) is 7.30. The molecule has 158 valence electrons. The number of halogens is 1. The number of aromatic nitrogens is 3. The van der Waals surface area contributed by atoms with E-state index < -0.39 is 10.0 Å². The molecule has 4 rings (SSSR count). The first-order valence-electron chi connectivity index (χ1n) is 9.86. The predicted molar refractivity (Wildman–Crippen MR) is 116 cm³/mol. The highest BCUT2D eigenvalue weighted by Crippen LogP contribution is 2.20. The van der Waals surface area contributed by atoms with Crippen LogP contribution in [0.3, 0.4) is 0 Å². The average molecular weight is 446 g/mol. The molecule has 0 saturated carbocycles. The molecule has 0 atom stereocenters. The van der Waals surface area contributed by atoms with Gasteiger partial charge in [-0.2, -0.15) is 9.40 Å². The molecule has 0 aliphatic carbocycles. The molecule has 9 heteroatoms. The van der Waals surface area contributed by atoms with Gasteiger partial charge in [0.05, 0.1) is 12.4 Å². The van der Waals surface area contributed by atoms with Crippen molar-refractivity contribution in [3.8, 4) is 5.82 Å². The van der Waals surface area contributed by atoms with Crippen LogP contribution in [0.5, 0.6) is 0 Å². The first-order valence-corrected chi connectivity index (χ1v) is 11.7. The average Bonchev–Trinajstić information content (AvgIpc) is 3.11. The first kappa shape index (κ1) is 21.0. The quantitative estimate of drug-likeness (QED) is 0.603. The molecule has 3 heterocycles. The fraction of sp³-hybridized carbons (Fsp3) is 0.333. The molecule has 0 bridgehead atoms. The highest BCUT2D eigenvalue weighted by atomic mass is 35.5. The molecule has 3 aromatic rings. The summed E-state index contributed by atoms with van der Waals surface area (Å²) in [6, 6.07) is 11.5. The molecule has 1 saturated heterocycles. The van der Waals surface area contributed by atoms with E-state index in [0.717, 1.165) is 25.1 Å². The van der Waals surface area contributed by atoms with Gasteiger partial charge in [0.25, 0.3) is 0 Å². The number of nitrogens with zero attached hydrogens (tertiary/aromatic N) is 5. The van der Waals surface area contributed by atoms with E-state index >= 15 is 0 Å². The monoisotopic (exact) mass is 445 g/mol. The molecule has 0 radical (unpaired) electrons. The highest BCUT2D eigenvalue weighted by molar-refractivity contribution is 7.89. The Hall–Kier alpha value is -2.26. The topological polar surface area (TPSA) is 71.3 Å². The molecule has 0 N–H and O–H groups in total. The zero-order chi connectivity index (χ0) is 21.1. The predicted octanol–water partition coefficient (Wildman–Crippen LogP) is 3.13. The van der Waals surface area contributed by atoms with Gasteiger partial charge in [-0.05, 0) is 55.3 Å². The summed E-state index contributed by atoms with van der Waals surface area (Å²) in [5.74, 6) is 0.599. The highest BCUT2D eigenvalue weighted by Gasteiger charge is 2.28. The van der Waals surface area contributed by atoms with Gasteiger partial charge in [0.2, 0.25) is 10.0 Å². The Balaban J connectivity index is 1.45. The number of hydrogen-bond acceptors (Lipinski definition) is 5. The summed E-state index contributed by atoms with van der Waals surface area (Å²) in [6.45, 7) is 5.20. The molecule has 0 amide bonds. The minimum absolute atomic E-state index is 0.192. The van der Waals surface area contributed by atoms with Crippen molar-refractivity contribution in [3.63, 3.8) is 0 Å². The second-order valence-electron chi connectivity index (χ2n) is 7.47. The van der Waals surface area contributed by atoms with E-state index in [2.05, 4.69) is 15.0 Å². The van der Waals surface area contributed by atoms with E-state index in [0.29, 0.717) is 30.5 Å². The van der Waals surface area contributed by atoms with Crippen molar-refractivity contribution in [3.05, 3.63) is 71.1 Å². The number of pyridine rings is 1. The van der Waals surface area contributed by atoms with E-state index in [1.807, 2.05) is 43.3 Å². The first-order chi connectivity index (χ1) is 14.4. The van der Waals surface area contributed by atoms with Crippen molar-refractivity contribution < 1.29 is 8.42 Å². The van der Waals surface area contributed by atoms with E-state index in [-0.39, 0.29) is 4.90 Å². The maximum atomic E-state index is 13.2. The van der Waals surface area contributed by atoms with Crippen LogP contribution in [0.25, 0.3) is 5.82 Å². The Bertz CT molecular complexity index is 1110. The maximum Gasteiger partial charge on any atom is 0.246 e. The van der Waals surface area contributed by atoms with E-state index in [4.69, 9.17) is 11.6 Å². The smallest absolute Gasteiger partial charge is 0.246 e. The Kier molecular flexibility index (Phi) is 6.19. The summed E-state index contributed by atoms with van der Waals surface area (Å²) in [5.41, 5.74) is 2.20. The number of aryl methyl sites for hydroxylation is 1. The van der Waals surface area contributed by atoms with Gasteiger partial charge in [-0.15, -0.1) is 0 Å². The lowest BCUT2D eigenvalue weighted by Gasteiger charge is -2.21. The van der Waals surface area contributed by atoms with Gasteiger partial charge in [0.15, 0.2) is 5.82 Å². The number of rotatable bonds is 5. The normalized spacial score (nSPS) is 16.5.